The molecule has 0 aromatic carbocycles. The molecule has 2 aliphatic heterocycles. The zero-order valence-corrected chi connectivity index (χ0v) is 14.3. The number of hydrogen-bond donors (Lipinski definition) is 0. The highest BCUT2D eigenvalue weighted by Crippen LogP contribution is 2.09. The van der Waals surface area contributed by atoms with Crippen LogP contribution in [0.1, 0.15) is 32.1 Å². The summed E-state index contributed by atoms with van der Waals surface area (Å²) in [5, 5.41) is 0. The molecule has 0 aromatic rings. The van der Waals surface area contributed by atoms with Gasteiger partial charge in [0.05, 0.1) is 19.5 Å². The Balaban J connectivity index is 1.51. The summed E-state index contributed by atoms with van der Waals surface area (Å²) >= 11 is 0. The van der Waals surface area contributed by atoms with E-state index in [1.54, 1.807) is 9.80 Å². The van der Waals surface area contributed by atoms with Gasteiger partial charge in [0.15, 0.2) is 0 Å². The van der Waals surface area contributed by atoms with Crippen LogP contribution in [-0.4, -0.2) is 72.9 Å². The summed E-state index contributed by atoms with van der Waals surface area (Å²) < 4.78 is 9.99. The Labute approximate surface area is 146 Å². The number of rotatable bonds is 9. The van der Waals surface area contributed by atoms with Crippen LogP contribution < -0.4 is 0 Å². The third-order valence-electron chi connectivity index (χ3n) is 4.11. The zero-order valence-electron chi connectivity index (χ0n) is 14.3. The van der Waals surface area contributed by atoms with Gasteiger partial charge in [-0.05, 0) is 12.8 Å². The average Bonchev–Trinajstić information content (AvgIpc) is 3.16. The molecule has 2 aliphatic rings. The topological polar surface area (TPSA) is 93.2 Å². The lowest BCUT2D eigenvalue weighted by Crippen LogP contribution is -2.29. The molecule has 25 heavy (non-hydrogen) atoms. The minimum atomic E-state index is -0.554. The summed E-state index contributed by atoms with van der Waals surface area (Å²) in [5.74, 6) is -0.834. The van der Waals surface area contributed by atoms with Crippen molar-refractivity contribution in [1.82, 2.24) is 9.80 Å². The molecule has 0 unspecified atom stereocenters. The number of hydrogen-bond acceptors (Lipinski definition) is 6. The minimum absolute atomic E-state index is 0.0341. The minimum Gasteiger partial charge on any atom is -0.464 e. The first-order chi connectivity index (χ1) is 12.1. The summed E-state index contributed by atoms with van der Waals surface area (Å²) in [7, 11) is 0. The summed E-state index contributed by atoms with van der Waals surface area (Å²) in [4.78, 5) is 49.1. The molecule has 138 valence electrons. The molecule has 0 atom stereocenters. The molecule has 0 aromatic heterocycles. The standard InChI is InChI=1S/C17H24N2O6/c20-14-4-2-8-18(14)10-12-24-16(22)6-1-7-17(23)25-13-11-19-9-3-5-15(19)21/h1,6H,2-5,7-13H2/b6-1+. The predicted molar refractivity (Wildman–Crippen MR) is 87.3 cm³/mol. The number of likely N-dealkylation sites (tertiary alicyclic amines) is 2. The van der Waals surface area contributed by atoms with Crippen LogP contribution in [0, 0.1) is 0 Å². The molecule has 0 aliphatic carbocycles. The number of carbonyl (C=O) groups is 4. The zero-order chi connectivity index (χ0) is 18.1. The van der Waals surface area contributed by atoms with Crippen LogP contribution in [0.3, 0.4) is 0 Å². The molecular weight excluding hydrogens is 328 g/mol. The molecule has 2 amide bonds. The molecule has 8 nitrogen and oxygen atoms in total. The summed E-state index contributed by atoms with van der Waals surface area (Å²) in [5.41, 5.74) is 0. The highest BCUT2D eigenvalue weighted by molar-refractivity contribution is 5.83. The van der Waals surface area contributed by atoms with E-state index in [1.807, 2.05) is 0 Å². The van der Waals surface area contributed by atoms with Gasteiger partial charge in [-0.1, -0.05) is 6.08 Å². The van der Waals surface area contributed by atoms with Crippen molar-refractivity contribution in [2.24, 2.45) is 0 Å². The lowest BCUT2D eigenvalue weighted by molar-refractivity contribution is -0.144. The number of ether oxygens (including phenoxy) is 2. The SMILES string of the molecule is O=C(/C=C/CC(=O)OCCN1CCCC1=O)OCCN1CCCC1=O. The second-order valence-corrected chi connectivity index (χ2v) is 5.96. The number of carbonyl (C=O) groups excluding carboxylic acids is 4. The second kappa shape index (κ2) is 9.80. The molecule has 8 heteroatoms. The first kappa shape index (κ1) is 19.0. The Morgan fingerprint density at radius 3 is 2.00 bits per heavy atom. The Hall–Kier alpha value is -2.38. The van der Waals surface area contributed by atoms with Crippen LogP contribution in [0.2, 0.25) is 0 Å². The molecule has 0 N–H and O–H groups in total. The highest BCUT2D eigenvalue weighted by Gasteiger charge is 2.20. The van der Waals surface area contributed by atoms with Gasteiger partial charge < -0.3 is 19.3 Å². The van der Waals surface area contributed by atoms with E-state index in [4.69, 9.17) is 9.47 Å². The van der Waals surface area contributed by atoms with E-state index in [0.29, 0.717) is 39.0 Å². The molecule has 0 radical (unpaired) electrons. The van der Waals surface area contributed by atoms with Crippen LogP contribution in [-0.2, 0) is 28.7 Å². The Bertz CT molecular complexity index is 545. The molecule has 2 saturated heterocycles. The monoisotopic (exact) mass is 352 g/mol. The molecule has 2 rings (SSSR count). The van der Waals surface area contributed by atoms with Gasteiger partial charge in [-0.3, -0.25) is 14.4 Å². The van der Waals surface area contributed by atoms with E-state index >= 15 is 0 Å². The third-order valence-corrected chi connectivity index (χ3v) is 4.11. The van der Waals surface area contributed by atoms with E-state index in [0.717, 1.165) is 12.8 Å². The first-order valence-corrected chi connectivity index (χ1v) is 8.61. The van der Waals surface area contributed by atoms with E-state index in [-0.39, 0.29) is 31.4 Å². The van der Waals surface area contributed by atoms with Crippen molar-refractivity contribution in [3.63, 3.8) is 0 Å². The van der Waals surface area contributed by atoms with Gasteiger partial charge in [-0.2, -0.15) is 0 Å². The fraction of sp³-hybridized carbons (Fsp3) is 0.647. The summed E-state index contributed by atoms with van der Waals surface area (Å²) in [6.45, 7) is 2.53. The third kappa shape index (κ3) is 6.56. The summed E-state index contributed by atoms with van der Waals surface area (Å²) in [6, 6.07) is 0. The second-order valence-electron chi connectivity index (χ2n) is 5.96. The van der Waals surface area contributed by atoms with Crippen LogP contribution in [0.25, 0.3) is 0 Å². The van der Waals surface area contributed by atoms with Gasteiger partial charge in [0.2, 0.25) is 11.8 Å². The van der Waals surface area contributed by atoms with Crippen molar-refractivity contribution >= 4 is 23.8 Å². The molecule has 2 fully saturated rings. The van der Waals surface area contributed by atoms with Crippen molar-refractivity contribution in [3.05, 3.63) is 12.2 Å². The van der Waals surface area contributed by atoms with Crippen molar-refractivity contribution in [3.8, 4) is 0 Å². The maximum atomic E-state index is 11.5. The van der Waals surface area contributed by atoms with Crippen LogP contribution in [0.4, 0.5) is 0 Å². The largest absolute Gasteiger partial charge is 0.464 e. The fourth-order valence-corrected chi connectivity index (χ4v) is 2.77. The van der Waals surface area contributed by atoms with Crippen LogP contribution in [0.5, 0.6) is 0 Å². The Morgan fingerprint density at radius 1 is 0.920 bits per heavy atom. The van der Waals surface area contributed by atoms with Crippen molar-refractivity contribution in [1.29, 1.82) is 0 Å². The van der Waals surface area contributed by atoms with Gasteiger partial charge in [-0.25, -0.2) is 4.79 Å². The Kier molecular flexibility index (Phi) is 7.43. The van der Waals surface area contributed by atoms with Crippen LogP contribution >= 0.6 is 0 Å². The molecule has 0 spiro atoms. The molecule has 0 saturated carbocycles. The molecular formula is C17H24N2O6. The summed E-state index contributed by atoms with van der Waals surface area (Å²) in [6.07, 6.45) is 5.34. The van der Waals surface area contributed by atoms with Crippen molar-refractivity contribution in [2.75, 3.05) is 39.4 Å². The van der Waals surface area contributed by atoms with Crippen molar-refractivity contribution < 1.29 is 28.7 Å². The van der Waals surface area contributed by atoms with E-state index in [2.05, 4.69) is 0 Å². The van der Waals surface area contributed by atoms with Gasteiger partial charge in [0.25, 0.3) is 0 Å². The van der Waals surface area contributed by atoms with E-state index in [1.165, 1.54) is 12.2 Å². The maximum Gasteiger partial charge on any atom is 0.330 e. The first-order valence-electron chi connectivity index (χ1n) is 8.61. The number of esters is 2. The smallest absolute Gasteiger partial charge is 0.330 e. The van der Waals surface area contributed by atoms with Crippen LogP contribution in [0.15, 0.2) is 12.2 Å². The quantitative estimate of drug-likeness (QED) is 0.437. The van der Waals surface area contributed by atoms with Gasteiger partial charge in [0, 0.05) is 32.0 Å². The molecule has 2 heterocycles. The Morgan fingerprint density at radius 2 is 1.48 bits per heavy atom. The van der Waals surface area contributed by atoms with E-state index < -0.39 is 11.9 Å². The maximum absolute atomic E-state index is 11.5. The normalized spacial score (nSPS) is 17.6. The van der Waals surface area contributed by atoms with Crippen molar-refractivity contribution in [2.45, 2.75) is 32.1 Å². The lowest BCUT2D eigenvalue weighted by Gasteiger charge is -2.14. The predicted octanol–water partition coefficient (Wildman–Crippen LogP) is 0.264. The van der Waals surface area contributed by atoms with E-state index in [9.17, 15) is 19.2 Å². The highest BCUT2D eigenvalue weighted by atomic mass is 16.5. The van der Waals surface area contributed by atoms with Gasteiger partial charge >= 0.3 is 11.9 Å². The number of nitrogens with zero attached hydrogens (tertiary/aromatic N) is 2. The molecule has 0 bridgehead atoms. The fourth-order valence-electron chi connectivity index (χ4n) is 2.77. The number of amides is 2. The average molecular weight is 352 g/mol. The van der Waals surface area contributed by atoms with Gasteiger partial charge in [-0.15, -0.1) is 0 Å². The lowest BCUT2D eigenvalue weighted by atomic mass is 10.4. The van der Waals surface area contributed by atoms with Gasteiger partial charge in [0.1, 0.15) is 13.2 Å².